The summed E-state index contributed by atoms with van der Waals surface area (Å²) in [6.45, 7) is 3.17. The first-order chi connectivity index (χ1) is 18.9. The highest BCUT2D eigenvalue weighted by atomic mass is 16.5. The predicted octanol–water partition coefficient (Wildman–Crippen LogP) is 6.46. The summed E-state index contributed by atoms with van der Waals surface area (Å²) in [5.74, 6) is 2.38. The van der Waals surface area contributed by atoms with Crippen LogP contribution in [0.25, 0.3) is 21.9 Å². The summed E-state index contributed by atoms with van der Waals surface area (Å²) in [4.78, 5) is 32.1. The van der Waals surface area contributed by atoms with Gasteiger partial charge >= 0.3 is 0 Å². The molecule has 7 nitrogen and oxygen atoms in total. The Morgan fingerprint density at radius 3 is 2.59 bits per heavy atom. The van der Waals surface area contributed by atoms with Crippen LogP contribution in [0.1, 0.15) is 49.8 Å². The van der Waals surface area contributed by atoms with Crippen LogP contribution in [0.3, 0.4) is 0 Å². The Labute approximate surface area is 228 Å². The van der Waals surface area contributed by atoms with Crippen LogP contribution in [0, 0.1) is 12.8 Å². The third kappa shape index (κ3) is 6.48. The molecular formula is C32H36N2O5. The fourth-order valence-corrected chi connectivity index (χ4v) is 5.20. The van der Waals surface area contributed by atoms with Gasteiger partial charge in [0.25, 0.3) is 0 Å². The van der Waals surface area contributed by atoms with E-state index in [4.69, 9.17) is 13.9 Å². The van der Waals surface area contributed by atoms with Crippen LogP contribution in [-0.2, 0) is 11.2 Å². The van der Waals surface area contributed by atoms with Crippen molar-refractivity contribution < 1.29 is 18.7 Å². The van der Waals surface area contributed by atoms with Gasteiger partial charge in [0.1, 0.15) is 29.5 Å². The van der Waals surface area contributed by atoms with E-state index in [2.05, 4.69) is 4.98 Å². The molecule has 7 heteroatoms. The molecule has 1 aliphatic carbocycles. The van der Waals surface area contributed by atoms with Crippen molar-refractivity contribution in [3.05, 3.63) is 70.1 Å². The highest BCUT2D eigenvalue weighted by molar-refractivity contribution is 5.93. The minimum atomic E-state index is -0.101. The third-order valence-corrected chi connectivity index (χ3v) is 7.35. The van der Waals surface area contributed by atoms with Gasteiger partial charge in [0.2, 0.25) is 5.43 Å². The lowest BCUT2D eigenvalue weighted by atomic mass is 9.98. The number of aromatic nitrogens is 1. The first kappa shape index (κ1) is 26.9. The zero-order valence-corrected chi connectivity index (χ0v) is 23.0. The van der Waals surface area contributed by atoms with E-state index in [1.807, 2.05) is 50.2 Å². The minimum absolute atomic E-state index is 0.101. The Balaban J connectivity index is 1.29. The number of Topliss-reactive ketones (excluding diaryl/α,β-unsaturated/α-hetero) is 1. The van der Waals surface area contributed by atoms with Crippen molar-refractivity contribution in [2.75, 3.05) is 27.2 Å². The van der Waals surface area contributed by atoms with Gasteiger partial charge in [-0.3, -0.25) is 14.6 Å². The van der Waals surface area contributed by atoms with Gasteiger partial charge in [-0.25, -0.2) is 0 Å². The number of hydrogen-bond acceptors (Lipinski definition) is 7. The molecular weight excluding hydrogens is 492 g/mol. The molecule has 1 aliphatic rings. The molecule has 0 spiro atoms. The topological polar surface area (TPSA) is 81.9 Å². The molecule has 1 saturated carbocycles. The Morgan fingerprint density at radius 2 is 1.85 bits per heavy atom. The number of aryl methyl sites for hydroxylation is 2. The Kier molecular flexibility index (Phi) is 8.27. The van der Waals surface area contributed by atoms with E-state index in [9.17, 15) is 9.59 Å². The van der Waals surface area contributed by atoms with Crippen molar-refractivity contribution in [1.82, 2.24) is 9.88 Å². The predicted molar refractivity (Wildman–Crippen MR) is 153 cm³/mol. The maximum Gasteiger partial charge on any atom is 0.200 e. The summed E-state index contributed by atoms with van der Waals surface area (Å²) in [6.07, 6.45) is 8.40. The number of fused-ring (bicyclic) bond motifs is 2. The van der Waals surface area contributed by atoms with Gasteiger partial charge in [-0.2, -0.15) is 0 Å². The van der Waals surface area contributed by atoms with Crippen LogP contribution in [0.4, 0.5) is 0 Å². The second-order valence-corrected chi connectivity index (χ2v) is 10.8. The molecule has 4 aromatic rings. The van der Waals surface area contributed by atoms with Crippen LogP contribution in [-0.4, -0.2) is 42.9 Å². The monoisotopic (exact) mass is 528 g/mol. The summed E-state index contributed by atoms with van der Waals surface area (Å²) in [5.41, 5.74) is 2.64. The number of hydrogen-bond donors (Lipinski definition) is 0. The Bertz CT molecular complexity index is 1520. The lowest BCUT2D eigenvalue weighted by Crippen LogP contribution is -2.19. The molecule has 0 saturated heterocycles. The molecule has 2 aromatic heterocycles. The minimum Gasteiger partial charge on any atom is -0.488 e. The normalized spacial score (nSPS) is 13.9. The summed E-state index contributed by atoms with van der Waals surface area (Å²) >= 11 is 0. The summed E-state index contributed by atoms with van der Waals surface area (Å²) in [7, 11) is 3.96. The summed E-state index contributed by atoms with van der Waals surface area (Å²) < 4.78 is 18.2. The molecule has 0 atom stereocenters. The van der Waals surface area contributed by atoms with Gasteiger partial charge in [0, 0.05) is 30.6 Å². The number of rotatable bonds is 11. The fraction of sp³-hybridized carbons (Fsp3) is 0.406. The lowest BCUT2D eigenvalue weighted by molar-refractivity contribution is -0.122. The van der Waals surface area contributed by atoms with E-state index in [0.717, 1.165) is 43.5 Å². The van der Waals surface area contributed by atoms with Crippen LogP contribution in [0.2, 0.25) is 0 Å². The maximum atomic E-state index is 13.3. The van der Waals surface area contributed by atoms with E-state index in [-0.39, 0.29) is 11.3 Å². The standard InChI is InChI=1S/C32H36N2O5/c1-21-17-27-31(36)26-14-13-24(19-29(26)39-32(27)30(18-21)37-16-15-34(2)3)38-25-12-11-23(33-20-25)9-6-10-28(35)22-7-4-5-8-22/h11-14,17-20,22H,4-10,15-16H2,1-3H3. The summed E-state index contributed by atoms with van der Waals surface area (Å²) in [5, 5.41) is 0.987. The van der Waals surface area contributed by atoms with Gasteiger partial charge in [-0.1, -0.05) is 12.8 Å². The second-order valence-electron chi connectivity index (χ2n) is 10.8. The van der Waals surface area contributed by atoms with Crippen LogP contribution in [0.5, 0.6) is 17.2 Å². The number of nitrogens with zero attached hydrogens (tertiary/aromatic N) is 2. The molecule has 204 valence electrons. The van der Waals surface area contributed by atoms with Crippen molar-refractivity contribution in [1.29, 1.82) is 0 Å². The van der Waals surface area contributed by atoms with Crippen molar-refractivity contribution in [3.8, 4) is 17.2 Å². The average molecular weight is 529 g/mol. The Morgan fingerprint density at radius 1 is 1.05 bits per heavy atom. The molecule has 0 N–H and O–H groups in total. The molecule has 0 amide bonds. The first-order valence-corrected chi connectivity index (χ1v) is 13.8. The van der Waals surface area contributed by atoms with Crippen molar-refractivity contribution in [3.63, 3.8) is 0 Å². The number of carbonyl (C=O) groups excluding carboxylic acids is 1. The van der Waals surface area contributed by atoms with Gasteiger partial charge < -0.3 is 18.8 Å². The van der Waals surface area contributed by atoms with E-state index in [1.165, 1.54) is 12.8 Å². The molecule has 39 heavy (non-hydrogen) atoms. The number of benzene rings is 2. The average Bonchev–Trinajstić information content (AvgIpc) is 3.45. The molecule has 5 rings (SSSR count). The molecule has 0 radical (unpaired) electrons. The van der Waals surface area contributed by atoms with E-state index in [1.54, 1.807) is 24.4 Å². The smallest absolute Gasteiger partial charge is 0.200 e. The third-order valence-electron chi connectivity index (χ3n) is 7.35. The van der Waals surface area contributed by atoms with Gasteiger partial charge in [0.05, 0.1) is 17.0 Å². The Hall–Kier alpha value is -3.71. The number of pyridine rings is 1. The molecule has 2 aromatic carbocycles. The number of ether oxygens (including phenoxy) is 2. The fourth-order valence-electron chi connectivity index (χ4n) is 5.20. The lowest BCUT2D eigenvalue weighted by Gasteiger charge is -2.13. The van der Waals surface area contributed by atoms with Crippen LogP contribution >= 0.6 is 0 Å². The molecule has 0 aliphatic heterocycles. The van der Waals surface area contributed by atoms with Gasteiger partial charge in [0.15, 0.2) is 11.3 Å². The zero-order valence-electron chi connectivity index (χ0n) is 23.0. The zero-order chi connectivity index (χ0) is 27.4. The van der Waals surface area contributed by atoms with Crippen LogP contribution < -0.4 is 14.9 Å². The SMILES string of the molecule is Cc1cc(OCCN(C)C)c2oc3cc(Oc4ccc(CCCC(=O)C5CCCC5)nc4)ccc3c(=O)c2c1. The van der Waals surface area contributed by atoms with Crippen molar-refractivity contribution >= 4 is 27.7 Å². The van der Waals surface area contributed by atoms with Crippen LogP contribution in [0.15, 0.2) is 57.9 Å². The molecule has 0 unspecified atom stereocenters. The van der Waals surface area contributed by atoms with Gasteiger partial charge in [-0.15, -0.1) is 0 Å². The molecule has 2 heterocycles. The van der Waals surface area contributed by atoms with Gasteiger partial charge in [-0.05, 0) is 88.7 Å². The van der Waals surface area contributed by atoms with E-state index in [0.29, 0.717) is 58.0 Å². The van der Waals surface area contributed by atoms with E-state index >= 15 is 0 Å². The highest BCUT2D eigenvalue weighted by Gasteiger charge is 2.21. The van der Waals surface area contributed by atoms with Crippen molar-refractivity contribution in [2.45, 2.75) is 51.9 Å². The van der Waals surface area contributed by atoms with Crippen molar-refractivity contribution in [2.24, 2.45) is 5.92 Å². The number of likely N-dealkylation sites (N-methyl/N-ethyl adjacent to an activating group) is 1. The molecule has 1 fully saturated rings. The quantitative estimate of drug-likeness (QED) is 0.207. The summed E-state index contributed by atoms with van der Waals surface area (Å²) in [6, 6.07) is 12.8. The number of carbonyl (C=O) groups is 1. The largest absolute Gasteiger partial charge is 0.488 e. The van der Waals surface area contributed by atoms with E-state index < -0.39 is 0 Å². The second kappa shape index (κ2) is 12.0. The maximum absolute atomic E-state index is 13.3. The number of ketones is 1. The first-order valence-electron chi connectivity index (χ1n) is 13.8. The highest BCUT2D eigenvalue weighted by Crippen LogP contribution is 2.31. The molecule has 0 bridgehead atoms.